The molecule has 0 saturated heterocycles. The van der Waals surface area contributed by atoms with E-state index in [-0.39, 0.29) is 16.6 Å². The molecule has 0 bridgehead atoms. The van der Waals surface area contributed by atoms with E-state index in [1.54, 1.807) is 36.4 Å². The van der Waals surface area contributed by atoms with E-state index in [0.29, 0.717) is 16.8 Å². The van der Waals surface area contributed by atoms with Gasteiger partial charge in [0.05, 0.1) is 5.69 Å². The van der Waals surface area contributed by atoms with Crippen molar-refractivity contribution in [2.24, 2.45) is 5.73 Å². The third-order valence-corrected chi connectivity index (χ3v) is 2.77. The molecule has 4 N–H and O–H groups in total. The Kier molecular flexibility index (Phi) is 3.77. The average Bonchev–Trinajstić information content (AvgIpc) is 2.39. The summed E-state index contributed by atoms with van der Waals surface area (Å²) in [5, 5.41) is 12.1. The predicted octanol–water partition coefficient (Wildman–Crippen LogP) is 2.28. The van der Waals surface area contributed by atoms with Crippen molar-refractivity contribution in [2.45, 2.75) is 0 Å². The Morgan fingerprint density at radius 1 is 1.16 bits per heavy atom. The van der Waals surface area contributed by atoms with E-state index in [2.05, 4.69) is 5.32 Å². The van der Waals surface area contributed by atoms with Gasteiger partial charge >= 0.3 is 0 Å². The fraction of sp³-hybridized carbons (Fsp3) is 0. The van der Waals surface area contributed by atoms with Crippen molar-refractivity contribution in [3.05, 3.63) is 59.7 Å². The van der Waals surface area contributed by atoms with Crippen LogP contribution in [-0.4, -0.2) is 16.0 Å². The zero-order valence-corrected chi connectivity index (χ0v) is 10.8. The third kappa shape index (κ3) is 3.08. The van der Waals surface area contributed by atoms with Crippen LogP contribution in [-0.2, 0) is 0 Å². The summed E-state index contributed by atoms with van der Waals surface area (Å²) in [5.41, 5.74) is 7.10. The summed E-state index contributed by atoms with van der Waals surface area (Å²) in [7, 11) is 0. The van der Waals surface area contributed by atoms with Gasteiger partial charge in [-0.1, -0.05) is 30.4 Å². The molecule has 0 aliphatic carbocycles. The zero-order chi connectivity index (χ0) is 13.8. The van der Waals surface area contributed by atoms with Crippen LogP contribution in [0.5, 0.6) is 5.75 Å². The second-order valence-electron chi connectivity index (χ2n) is 3.91. The molecule has 0 aromatic heterocycles. The lowest BCUT2D eigenvalue weighted by atomic mass is 10.1. The van der Waals surface area contributed by atoms with Crippen LogP contribution in [0.3, 0.4) is 0 Å². The zero-order valence-electron chi connectivity index (χ0n) is 9.96. The first-order valence-corrected chi connectivity index (χ1v) is 5.98. The Morgan fingerprint density at radius 3 is 2.58 bits per heavy atom. The Hall–Kier alpha value is -2.40. The number of amides is 1. The fourth-order valence-electron chi connectivity index (χ4n) is 1.65. The highest BCUT2D eigenvalue weighted by Gasteiger charge is 2.10. The number of aromatic hydroxyl groups is 1. The SMILES string of the molecule is NC(=S)c1ccccc1NC(=O)c1cccc(O)c1. The molecular weight excluding hydrogens is 260 g/mol. The number of benzene rings is 2. The maximum atomic E-state index is 12.0. The monoisotopic (exact) mass is 272 g/mol. The number of carbonyl (C=O) groups is 1. The number of phenolic OH excluding ortho intramolecular Hbond substituents is 1. The lowest BCUT2D eigenvalue weighted by molar-refractivity contribution is 0.102. The minimum absolute atomic E-state index is 0.0373. The molecule has 0 spiro atoms. The molecule has 0 aliphatic heterocycles. The molecule has 1 amide bonds. The molecule has 0 heterocycles. The summed E-state index contributed by atoms with van der Waals surface area (Å²) in [5.74, 6) is -0.296. The topological polar surface area (TPSA) is 75.3 Å². The minimum Gasteiger partial charge on any atom is -0.508 e. The number of rotatable bonds is 3. The maximum absolute atomic E-state index is 12.0. The van der Waals surface area contributed by atoms with Gasteiger partial charge < -0.3 is 16.2 Å². The third-order valence-electron chi connectivity index (χ3n) is 2.55. The highest BCUT2D eigenvalue weighted by atomic mass is 32.1. The Bertz CT molecular complexity index is 641. The van der Waals surface area contributed by atoms with Gasteiger partial charge in [0.2, 0.25) is 0 Å². The van der Waals surface area contributed by atoms with Gasteiger partial charge in [-0.15, -0.1) is 0 Å². The van der Waals surface area contributed by atoms with E-state index in [4.69, 9.17) is 18.0 Å². The molecule has 0 radical (unpaired) electrons. The second kappa shape index (κ2) is 5.49. The van der Waals surface area contributed by atoms with Gasteiger partial charge in [-0.05, 0) is 30.3 Å². The molecule has 0 saturated carbocycles. The normalized spacial score (nSPS) is 9.89. The van der Waals surface area contributed by atoms with Gasteiger partial charge in [0.25, 0.3) is 5.91 Å². The molecule has 2 aromatic carbocycles. The van der Waals surface area contributed by atoms with Gasteiger partial charge in [0.15, 0.2) is 0 Å². The number of nitrogens with one attached hydrogen (secondary N) is 1. The summed E-state index contributed by atoms with van der Waals surface area (Å²) in [6.45, 7) is 0. The molecule has 0 fully saturated rings. The second-order valence-corrected chi connectivity index (χ2v) is 4.35. The molecule has 19 heavy (non-hydrogen) atoms. The van der Waals surface area contributed by atoms with E-state index in [9.17, 15) is 9.90 Å². The number of hydrogen-bond donors (Lipinski definition) is 3. The molecular formula is C14H12N2O2S. The Balaban J connectivity index is 2.27. The number of hydrogen-bond acceptors (Lipinski definition) is 3. The van der Waals surface area contributed by atoms with Crippen molar-refractivity contribution >= 4 is 28.8 Å². The molecule has 2 rings (SSSR count). The number of anilines is 1. The Labute approximate surface area is 115 Å². The van der Waals surface area contributed by atoms with Crippen LogP contribution in [0.15, 0.2) is 48.5 Å². The predicted molar refractivity (Wildman–Crippen MR) is 78.4 cm³/mol. The number of carbonyl (C=O) groups excluding carboxylic acids is 1. The van der Waals surface area contributed by atoms with Crippen LogP contribution in [0, 0.1) is 0 Å². The van der Waals surface area contributed by atoms with Crippen LogP contribution in [0.25, 0.3) is 0 Å². The van der Waals surface area contributed by atoms with Crippen LogP contribution in [0.4, 0.5) is 5.69 Å². The standard InChI is InChI=1S/C14H12N2O2S/c15-13(19)11-6-1-2-7-12(11)16-14(18)9-4-3-5-10(17)8-9/h1-8,17H,(H2,15,19)(H,16,18). The fourth-order valence-corrected chi connectivity index (χ4v) is 1.83. The number of thiocarbonyl (C=S) groups is 1. The van der Waals surface area contributed by atoms with Gasteiger partial charge in [-0.25, -0.2) is 0 Å². The van der Waals surface area contributed by atoms with Crippen molar-refractivity contribution in [2.75, 3.05) is 5.32 Å². The van der Waals surface area contributed by atoms with Crippen LogP contribution in [0.1, 0.15) is 15.9 Å². The molecule has 0 aliphatic rings. The summed E-state index contributed by atoms with van der Waals surface area (Å²) in [6, 6.07) is 13.1. The van der Waals surface area contributed by atoms with Crippen LogP contribution in [0.2, 0.25) is 0 Å². The maximum Gasteiger partial charge on any atom is 0.255 e. The van der Waals surface area contributed by atoms with Gasteiger partial charge in [0, 0.05) is 11.1 Å². The first kappa shape index (κ1) is 13.0. The molecule has 0 unspecified atom stereocenters. The highest BCUT2D eigenvalue weighted by molar-refractivity contribution is 7.80. The number of para-hydroxylation sites is 1. The van der Waals surface area contributed by atoms with Gasteiger partial charge in [0.1, 0.15) is 10.7 Å². The van der Waals surface area contributed by atoms with E-state index in [0.717, 1.165) is 0 Å². The minimum atomic E-state index is -0.334. The lowest BCUT2D eigenvalue weighted by Gasteiger charge is -2.10. The molecule has 2 aromatic rings. The number of phenols is 1. The highest BCUT2D eigenvalue weighted by Crippen LogP contribution is 2.17. The van der Waals surface area contributed by atoms with E-state index in [1.165, 1.54) is 12.1 Å². The van der Waals surface area contributed by atoms with Crippen LogP contribution >= 0.6 is 12.2 Å². The lowest BCUT2D eigenvalue weighted by Crippen LogP contribution is -2.17. The first-order valence-electron chi connectivity index (χ1n) is 5.57. The van der Waals surface area contributed by atoms with Gasteiger partial charge in [-0.3, -0.25) is 4.79 Å². The van der Waals surface area contributed by atoms with Crippen molar-refractivity contribution in [3.63, 3.8) is 0 Å². The average molecular weight is 272 g/mol. The summed E-state index contributed by atoms with van der Waals surface area (Å²) >= 11 is 4.93. The van der Waals surface area contributed by atoms with Crippen LogP contribution < -0.4 is 11.1 Å². The smallest absolute Gasteiger partial charge is 0.255 e. The van der Waals surface area contributed by atoms with Crippen molar-refractivity contribution in [1.29, 1.82) is 0 Å². The number of nitrogens with two attached hydrogens (primary N) is 1. The molecule has 0 atom stereocenters. The van der Waals surface area contributed by atoms with Crippen molar-refractivity contribution in [1.82, 2.24) is 0 Å². The first-order chi connectivity index (χ1) is 9.08. The summed E-state index contributed by atoms with van der Waals surface area (Å²) in [6.07, 6.45) is 0. The van der Waals surface area contributed by atoms with Gasteiger partial charge in [-0.2, -0.15) is 0 Å². The quantitative estimate of drug-likeness (QED) is 0.749. The van der Waals surface area contributed by atoms with E-state index < -0.39 is 0 Å². The summed E-state index contributed by atoms with van der Waals surface area (Å²) in [4.78, 5) is 12.2. The molecule has 5 heteroatoms. The summed E-state index contributed by atoms with van der Waals surface area (Å²) < 4.78 is 0. The van der Waals surface area contributed by atoms with E-state index >= 15 is 0 Å². The Morgan fingerprint density at radius 2 is 1.89 bits per heavy atom. The molecule has 96 valence electrons. The van der Waals surface area contributed by atoms with E-state index in [1.807, 2.05) is 0 Å². The largest absolute Gasteiger partial charge is 0.508 e. The van der Waals surface area contributed by atoms with Crippen molar-refractivity contribution < 1.29 is 9.90 Å². The van der Waals surface area contributed by atoms with Crippen molar-refractivity contribution in [3.8, 4) is 5.75 Å². The molecule has 4 nitrogen and oxygen atoms in total.